The predicted octanol–water partition coefficient (Wildman–Crippen LogP) is 1.92. The van der Waals surface area contributed by atoms with Crippen molar-refractivity contribution in [2.45, 2.75) is 5.92 Å². The van der Waals surface area contributed by atoms with Gasteiger partial charge in [-0.15, -0.1) is 0 Å². The fourth-order valence-corrected chi connectivity index (χ4v) is 1.42. The molecule has 0 aromatic heterocycles. The largest absolute Gasteiger partial charge is 0.481 e. The highest BCUT2D eigenvalue weighted by Crippen LogP contribution is 2.20. The van der Waals surface area contributed by atoms with E-state index in [1.54, 1.807) is 6.07 Å². The number of benzene rings is 1. The van der Waals surface area contributed by atoms with E-state index in [9.17, 15) is 9.18 Å². The second-order valence-electron chi connectivity index (χ2n) is 2.59. The lowest BCUT2D eigenvalue weighted by molar-refractivity contribution is -0.138. The first-order chi connectivity index (χ1) is 6.16. The average molecular weight is 200 g/mol. The van der Waals surface area contributed by atoms with Gasteiger partial charge in [-0.2, -0.15) is 12.6 Å². The van der Waals surface area contributed by atoms with Crippen molar-refractivity contribution < 1.29 is 14.3 Å². The van der Waals surface area contributed by atoms with Crippen molar-refractivity contribution in [3.05, 3.63) is 35.6 Å². The van der Waals surface area contributed by atoms with E-state index in [1.165, 1.54) is 18.2 Å². The molecular formula is C9H9FO2S. The number of aliphatic carboxylic acids is 1. The van der Waals surface area contributed by atoms with Gasteiger partial charge in [0.15, 0.2) is 0 Å². The number of rotatable bonds is 3. The average Bonchev–Trinajstić information content (AvgIpc) is 2.09. The summed E-state index contributed by atoms with van der Waals surface area (Å²) in [6.45, 7) is 0. The van der Waals surface area contributed by atoms with Gasteiger partial charge in [-0.3, -0.25) is 4.79 Å². The summed E-state index contributed by atoms with van der Waals surface area (Å²) in [5.41, 5.74) is 0.185. The molecule has 1 rings (SSSR count). The summed E-state index contributed by atoms with van der Waals surface area (Å²) >= 11 is 3.87. The molecule has 0 spiro atoms. The maximum Gasteiger partial charge on any atom is 0.311 e. The molecule has 0 heterocycles. The highest BCUT2D eigenvalue weighted by atomic mass is 32.1. The third-order valence-corrected chi connectivity index (χ3v) is 2.13. The van der Waals surface area contributed by atoms with Crippen LogP contribution in [0.1, 0.15) is 11.5 Å². The molecule has 0 fully saturated rings. The lowest BCUT2D eigenvalue weighted by Gasteiger charge is -2.09. The zero-order valence-electron chi connectivity index (χ0n) is 6.77. The molecule has 0 bridgehead atoms. The lowest BCUT2D eigenvalue weighted by atomic mass is 10.0. The molecule has 2 nitrogen and oxygen atoms in total. The van der Waals surface area contributed by atoms with E-state index in [0.29, 0.717) is 0 Å². The Balaban J connectivity index is 3.04. The summed E-state index contributed by atoms with van der Waals surface area (Å²) < 4.78 is 13.1. The van der Waals surface area contributed by atoms with Gasteiger partial charge in [-0.1, -0.05) is 18.2 Å². The topological polar surface area (TPSA) is 37.3 Å². The number of hydrogen-bond donors (Lipinski definition) is 2. The number of carbonyl (C=O) groups is 1. The zero-order chi connectivity index (χ0) is 9.84. The Morgan fingerprint density at radius 3 is 2.62 bits per heavy atom. The van der Waals surface area contributed by atoms with Gasteiger partial charge in [-0.25, -0.2) is 4.39 Å². The van der Waals surface area contributed by atoms with Crippen LogP contribution < -0.4 is 0 Å². The van der Waals surface area contributed by atoms with E-state index in [4.69, 9.17) is 5.11 Å². The van der Waals surface area contributed by atoms with E-state index < -0.39 is 17.7 Å². The van der Waals surface area contributed by atoms with Crippen LogP contribution in [-0.4, -0.2) is 16.8 Å². The second-order valence-corrected chi connectivity index (χ2v) is 2.96. The molecule has 70 valence electrons. The van der Waals surface area contributed by atoms with Gasteiger partial charge in [0.05, 0.1) is 5.92 Å². The molecule has 0 aliphatic carbocycles. The molecule has 1 atom stereocenters. The number of carboxylic acid groups (broad SMARTS) is 1. The van der Waals surface area contributed by atoms with Crippen molar-refractivity contribution in [3.8, 4) is 0 Å². The SMILES string of the molecule is O=C(O)C(CS)c1ccccc1F. The number of halogens is 1. The van der Waals surface area contributed by atoms with E-state index in [-0.39, 0.29) is 11.3 Å². The van der Waals surface area contributed by atoms with Crippen LogP contribution in [0.3, 0.4) is 0 Å². The Bertz CT molecular complexity index is 314. The highest BCUT2D eigenvalue weighted by molar-refractivity contribution is 7.80. The van der Waals surface area contributed by atoms with Gasteiger partial charge in [0.1, 0.15) is 5.82 Å². The Kier molecular flexibility index (Phi) is 3.31. The maximum atomic E-state index is 13.1. The number of thiol groups is 1. The first-order valence-corrected chi connectivity index (χ1v) is 4.38. The second kappa shape index (κ2) is 4.28. The predicted molar refractivity (Wildman–Crippen MR) is 50.6 cm³/mol. The van der Waals surface area contributed by atoms with Gasteiger partial charge in [0, 0.05) is 11.3 Å². The summed E-state index contributed by atoms with van der Waals surface area (Å²) in [4.78, 5) is 10.7. The molecule has 1 unspecified atom stereocenters. The Morgan fingerprint density at radius 1 is 1.54 bits per heavy atom. The molecular weight excluding hydrogens is 191 g/mol. The molecule has 0 aliphatic rings. The molecule has 0 aliphatic heterocycles. The molecule has 4 heteroatoms. The van der Waals surface area contributed by atoms with E-state index >= 15 is 0 Å². The molecule has 0 saturated heterocycles. The number of hydrogen-bond acceptors (Lipinski definition) is 2. The lowest BCUT2D eigenvalue weighted by Crippen LogP contribution is -2.14. The van der Waals surface area contributed by atoms with Crippen LogP contribution in [-0.2, 0) is 4.79 Å². The summed E-state index contributed by atoms with van der Waals surface area (Å²) in [7, 11) is 0. The quantitative estimate of drug-likeness (QED) is 0.731. The maximum absolute atomic E-state index is 13.1. The Morgan fingerprint density at radius 2 is 2.15 bits per heavy atom. The Hall–Kier alpha value is -1.03. The standard InChI is InChI=1S/C9H9FO2S/c10-8-4-2-1-3-6(8)7(5-13)9(11)12/h1-4,7,13H,5H2,(H,11,12). The van der Waals surface area contributed by atoms with Gasteiger partial charge in [-0.05, 0) is 6.07 Å². The minimum absolute atomic E-state index is 0.0935. The first-order valence-electron chi connectivity index (χ1n) is 3.75. The van der Waals surface area contributed by atoms with Crippen molar-refractivity contribution in [2.75, 3.05) is 5.75 Å². The molecule has 0 radical (unpaired) electrons. The first kappa shape index (κ1) is 10.1. The van der Waals surface area contributed by atoms with Gasteiger partial charge in [0.25, 0.3) is 0 Å². The molecule has 1 N–H and O–H groups in total. The summed E-state index contributed by atoms with van der Waals surface area (Å²) in [5.74, 6) is -2.33. The number of carboxylic acids is 1. The van der Waals surface area contributed by atoms with Crippen molar-refractivity contribution in [1.29, 1.82) is 0 Å². The van der Waals surface area contributed by atoms with Crippen molar-refractivity contribution >= 4 is 18.6 Å². The van der Waals surface area contributed by atoms with E-state index in [0.717, 1.165) is 0 Å². The normalized spacial score (nSPS) is 12.5. The molecule has 1 aromatic rings. The van der Waals surface area contributed by atoms with Crippen LogP contribution >= 0.6 is 12.6 Å². The van der Waals surface area contributed by atoms with Crippen LogP contribution in [0, 0.1) is 5.82 Å². The Labute approximate surface area is 80.8 Å². The van der Waals surface area contributed by atoms with Gasteiger partial charge < -0.3 is 5.11 Å². The third-order valence-electron chi connectivity index (χ3n) is 1.76. The summed E-state index contributed by atoms with van der Waals surface area (Å²) in [5, 5.41) is 8.74. The van der Waals surface area contributed by atoms with Gasteiger partial charge >= 0.3 is 5.97 Å². The fraction of sp³-hybridized carbons (Fsp3) is 0.222. The van der Waals surface area contributed by atoms with Crippen molar-refractivity contribution in [3.63, 3.8) is 0 Å². The smallest absolute Gasteiger partial charge is 0.311 e. The third kappa shape index (κ3) is 2.21. The van der Waals surface area contributed by atoms with Crippen molar-refractivity contribution in [2.24, 2.45) is 0 Å². The molecule has 0 amide bonds. The minimum atomic E-state index is -1.06. The van der Waals surface area contributed by atoms with Crippen LogP contribution in [0.25, 0.3) is 0 Å². The van der Waals surface area contributed by atoms with Crippen LogP contribution in [0.2, 0.25) is 0 Å². The van der Waals surface area contributed by atoms with Crippen LogP contribution in [0.4, 0.5) is 4.39 Å². The highest BCUT2D eigenvalue weighted by Gasteiger charge is 2.20. The van der Waals surface area contributed by atoms with E-state index in [1.807, 2.05) is 0 Å². The molecule has 1 aromatic carbocycles. The zero-order valence-corrected chi connectivity index (χ0v) is 7.67. The summed E-state index contributed by atoms with van der Waals surface area (Å²) in [6.07, 6.45) is 0. The minimum Gasteiger partial charge on any atom is -0.481 e. The van der Waals surface area contributed by atoms with E-state index in [2.05, 4.69) is 12.6 Å². The molecule has 13 heavy (non-hydrogen) atoms. The fourth-order valence-electron chi connectivity index (χ4n) is 1.07. The van der Waals surface area contributed by atoms with Crippen LogP contribution in [0.15, 0.2) is 24.3 Å². The van der Waals surface area contributed by atoms with Crippen LogP contribution in [0.5, 0.6) is 0 Å². The molecule has 0 saturated carbocycles. The van der Waals surface area contributed by atoms with Crippen molar-refractivity contribution in [1.82, 2.24) is 0 Å². The monoisotopic (exact) mass is 200 g/mol. The summed E-state index contributed by atoms with van der Waals surface area (Å²) in [6, 6.07) is 5.84. The van der Waals surface area contributed by atoms with Gasteiger partial charge in [0.2, 0.25) is 0 Å².